The van der Waals surface area contributed by atoms with E-state index >= 15 is 4.39 Å². The van der Waals surface area contributed by atoms with Gasteiger partial charge in [0.15, 0.2) is 0 Å². The monoisotopic (exact) mass is 636 g/mol. The Morgan fingerprint density at radius 3 is 2.49 bits per heavy atom. The van der Waals surface area contributed by atoms with Gasteiger partial charge in [0.05, 0.1) is 17.3 Å². The first kappa shape index (κ1) is 31.9. The van der Waals surface area contributed by atoms with Crippen molar-refractivity contribution < 1.29 is 24.1 Å². The number of phenols is 1. The van der Waals surface area contributed by atoms with Gasteiger partial charge in [0.1, 0.15) is 17.7 Å². The molecule has 1 aliphatic heterocycles. The van der Waals surface area contributed by atoms with Crippen LogP contribution in [-0.4, -0.2) is 51.9 Å². The fourth-order valence-electron chi connectivity index (χ4n) is 6.07. The zero-order chi connectivity index (χ0) is 32.8. The molecule has 0 bridgehead atoms. The first-order valence-corrected chi connectivity index (χ1v) is 15.7. The van der Waals surface area contributed by atoms with Gasteiger partial charge in [-0.25, -0.2) is 9.18 Å². The number of benzene rings is 4. The molecule has 242 valence electrons. The van der Waals surface area contributed by atoms with E-state index in [1.165, 1.54) is 12.1 Å². The maximum absolute atomic E-state index is 15.5. The maximum Gasteiger partial charge on any atom is 0.411 e. The summed E-state index contributed by atoms with van der Waals surface area (Å²) in [5.74, 6) is -0.375. The summed E-state index contributed by atoms with van der Waals surface area (Å²) in [7, 11) is 0. The molecule has 0 saturated carbocycles. The number of aromatic nitrogens is 1. The van der Waals surface area contributed by atoms with Gasteiger partial charge in [-0.1, -0.05) is 72.8 Å². The summed E-state index contributed by atoms with van der Waals surface area (Å²) in [6.45, 7) is 2.12. The van der Waals surface area contributed by atoms with E-state index in [0.717, 1.165) is 11.1 Å². The number of hydrogen-bond donors (Lipinski definition) is 5. The number of carbonyl (C=O) groups is 1. The first-order valence-electron chi connectivity index (χ1n) is 15.7. The van der Waals surface area contributed by atoms with Gasteiger partial charge in [-0.2, -0.15) is 0 Å². The molecule has 1 aliphatic rings. The molecule has 6 rings (SSSR count). The Morgan fingerprint density at radius 2 is 1.68 bits per heavy atom. The number of rotatable bonds is 10. The highest BCUT2D eigenvalue weighted by atomic mass is 19.1. The van der Waals surface area contributed by atoms with Crippen molar-refractivity contribution in [1.29, 1.82) is 0 Å². The van der Waals surface area contributed by atoms with Crippen molar-refractivity contribution in [2.75, 3.05) is 25.0 Å². The highest BCUT2D eigenvalue weighted by Crippen LogP contribution is 2.30. The van der Waals surface area contributed by atoms with Crippen LogP contribution in [0.5, 0.6) is 5.75 Å². The Morgan fingerprint density at radius 1 is 0.936 bits per heavy atom. The average Bonchev–Trinajstić information content (AvgIpc) is 3.08. The predicted octanol–water partition coefficient (Wildman–Crippen LogP) is 6.08. The lowest BCUT2D eigenvalue weighted by Crippen LogP contribution is -2.38. The summed E-state index contributed by atoms with van der Waals surface area (Å²) in [4.78, 5) is 29.2. The standard InChI is InChI=1S/C37H37FN4O5/c38-35-25(21-39-22-33(44)29-13-15-32(43)36-30(29)14-16-34(45)41-36)9-6-10-26(35)23-42-19-17-27(18-20-42)47-37(46)40-31-12-5-4-11-28(31)24-7-2-1-3-8-24/h1-16,27,33,39,43-44H,17-23H2,(H,40,46)(H,41,45). The molecule has 47 heavy (non-hydrogen) atoms. The fourth-order valence-corrected chi connectivity index (χ4v) is 6.07. The minimum absolute atomic E-state index is 0.0802. The van der Waals surface area contributed by atoms with E-state index in [1.54, 1.807) is 24.3 Å². The minimum atomic E-state index is -0.945. The van der Waals surface area contributed by atoms with E-state index in [0.29, 0.717) is 60.2 Å². The second-order valence-electron chi connectivity index (χ2n) is 11.7. The Bertz CT molecular complexity index is 1910. The lowest BCUT2D eigenvalue weighted by molar-refractivity contribution is 0.0564. The first-order chi connectivity index (χ1) is 22.9. The van der Waals surface area contributed by atoms with Crippen molar-refractivity contribution in [3.63, 3.8) is 0 Å². The van der Waals surface area contributed by atoms with Gasteiger partial charge < -0.3 is 25.3 Å². The van der Waals surface area contributed by atoms with Gasteiger partial charge in [0.2, 0.25) is 5.56 Å². The highest BCUT2D eigenvalue weighted by Gasteiger charge is 2.24. The van der Waals surface area contributed by atoms with Crippen LogP contribution in [0, 0.1) is 5.82 Å². The Kier molecular flexibility index (Phi) is 9.92. The molecule has 0 spiro atoms. The number of hydrogen-bond acceptors (Lipinski definition) is 7. The van der Waals surface area contributed by atoms with Crippen LogP contribution in [-0.2, 0) is 17.8 Å². The van der Waals surface area contributed by atoms with E-state index < -0.39 is 12.2 Å². The zero-order valence-electron chi connectivity index (χ0n) is 25.8. The van der Waals surface area contributed by atoms with Crippen molar-refractivity contribution in [2.45, 2.75) is 38.1 Å². The Labute approximate surface area is 271 Å². The van der Waals surface area contributed by atoms with Crippen LogP contribution in [0.4, 0.5) is 14.9 Å². The molecule has 0 aliphatic carbocycles. The van der Waals surface area contributed by atoms with Crippen LogP contribution in [0.25, 0.3) is 22.0 Å². The summed E-state index contributed by atoms with van der Waals surface area (Å²) in [5.41, 5.74) is 4.12. The number of pyridine rings is 1. The molecule has 5 N–H and O–H groups in total. The number of para-hydroxylation sites is 1. The van der Waals surface area contributed by atoms with Gasteiger partial charge in [0, 0.05) is 60.9 Å². The van der Waals surface area contributed by atoms with Crippen LogP contribution in [0.3, 0.4) is 0 Å². The lowest BCUT2D eigenvalue weighted by atomic mass is 10.0. The lowest BCUT2D eigenvalue weighted by Gasteiger charge is -2.31. The minimum Gasteiger partial charge on any atom is -0.506 e. The average molecular weight is 637 g/mol. The Hall–Kier alpha value is -5.03. The molecule has 1 unspecified atom stereocenters. The molecule has 1 amide bonds. The molecule has 1 saturated heterocycles. The number of H-pyrrole nitrogens is 1. The molecule has 10 heteroatoms. The van der Waals surface area contributed by atoms with E-state index in [4.69, 9.17) is 4.74 Å². The normalized spacial score (nSPS) is 14.6. The fraction of sp³-hybridized carbons (Fsp3) is 0.243. The number of aromatic amines is 1. The second kappa shape index (κ2) is 14.6. The number of nitrogens with zero attached hydrogens (tertiary/aromatic N) is 1. The summed E-state index contributed by atoms with van der Waals surface area (Å²) >= 11 is 0. The van der Waals surface area contributed by atoms with Gasteiger partial charge in [0.25, 0.3) is 0 Å². The number of piperidine rings is 1. The third-order valence-electron chi connectivity index (χ3n) is 8.53. The number of carbonyl (C=O) groups excluding carboxylic acids is 1. The number of amides is 1. The van der Waals surface area contributed by atoms with Crippen molar-refractivity contribution in [3.8, 4) is 16.9 Å². The summed E-state index contributed by atoms with van der Waals surface area (Å²) in [6.07, 6.45) is -0.369. The number of phenolic OH excluding ortho intramolecular Hbond substituents is 1. The van der Waals surface area contributed by atoms with Gasteiger partial charge in [-0.05, 0) is 42.2 Å². The summed E-state index contributed by atoms with van der Waals surface area (Å²) in [6, 6.07) is 28.7. The number of ether oxygens (including phenoxy) is 1. The number of likely N-dealkylation sites (tertiary alicyclic amines) is 1. The third-order valence-corrected chi connectivity index (χ3v) is 8.53. The van der Waals surface area contributed by atoms with Crippen LogP contribution >= 0.6 is 0 Å². The van der Waals surface area contributed by atoms with E-state index in [-0.39, 0.29) is 41.8 Å². The van der Waals surface area contributed by atoms with Gasteiger partial charge in [-0.15, -0.1) is 0 Å². The maximum atomic E-state index is 15.5. The number of nitrogens with one attached hydrogen (secondary N) is 3. The summed E-state index contributed by atoms with van der Waals surface area (Å²) < 4.78 is 21.3. The van der Waals surface area contributed by atoms with Crippen molar-refractivity contribution in [2.24, 2.45) is 0 Å². The number of fused-ring (bicyclic) bond motifs is 1. The topological polar surface area (TPSA) is 127 Å². The molecule has 4 aromatic carbocycles. The van der Waals surface area contributed by atoms with E-state index in [9.17, 15) is 19.8 Å². The number of anilines is 1. The summed E-state index contributed by atoms with van der Waals surface area (Å²) in [5, 5.41) is 27.5. The molecule has 0 radical (unpaired) electrons. The number of halogens is 1. The zero-order valence-corrected chi connectivity index (χ0v) is 25.8. The van der Waals surface area contributed by atoms with E-state index in [2.05, 4.69) is 20.5 Å². The van der Waals surface area contributed by atoms with Gasteiger partial charge >= 0.3 is 6.09 Å². The predicted molar refractivity (Wildman–Crippen MR) is 180 cm³/mol. The molecule has 1 aromatic heterocycles. The second-order valence-corrected chi connectivity index (χ2v) is 11.7. The van der Waals surface area contributed by atoms with Crippen LogP contribution < -0.4 is 16.2 Å². The van der Waals surface area contributed by atoms with E-state index in [1.807, 2.05) is 60.7 Å². The molecule has 1 fully saturated rings. The SMILES string of the molecule is O=C(Nc1ccccc1-c1ccccc1)OC1CCN(Cc2cccc(CNCC(O)c3ccc(O)c4[nH]c(=O)ccc34)c2F)CC1. The quantitative estimate of drug-likeness (QED) is 0.126. The smallest absolute Gasteiger partial charge is 0.411 e. The third kappa shape index (κ3) is 7.69. The largest absolute Gasteiger partial charge is 0.506 e. The highest BCUT2D eigenvalue weighted by molar-refractivity contribution is 5.91. The molecule has 5 aromatic rings. The molecule has 2 heterocycles. The van der Waals surface area contributed by atoms with Crippen LogP contribution in [0.15, 0.2) is 102 Å². The molecular formula is C37H37FN4O5. The van der Waals surface area contributed by atoms with Crippen molar-refractivity contribution in [1.82, 2.24) is 15.2 Å². The van der Waals surface area contributed by atoms with Crippen molar-refractivity contribution >= 4 is 22.7 Å². The molecule has 1 atom stereocenters. The van der Waals surface area contributed by atoms with Gasteiger partial charge in [-0.3, -0.25) is 15.0 Å². The Balaban J connectivity index is 0.988. The molecular weight excluding hydrogens is 599 g/mol. The number of aliphatic hydroxyl groups is 1. The molecule has 9 nitrogen and oxygen atoms in total. The van der Waals surface area contributed by atoms with Crippen LogP contribution in [0.2, 0.25) is 0 Å². The van der Waals surface area contributed by atoms with Crippen molar-refractivity contribution in [3.05, 3.63) is 130 Å². The van der Waals surface area contributed by atoms with Crippen LogP contribution in [0.1, 0.15) is 35.6 Å². The number of aromatic hydroxyl groups is 1. The number of aliphatic hydroxyl groups excluding tert-OH is 1.